The van der Waals surface area contributed by atoms with Gasteiger partial charge in [-0.3, -0.25) is 4.79 Å². The SMILES string of the molecule is N#C/C(=C\c1ccc(OC(=O)c2ccc(Br)cc2)cc1)C(=O)Nc1cccc(Cl)c1Cl. The lowest BCUT2D eigenvalue weighted by atomic mass is 10.1. The molecule has 154 valence electrons. The summed E-state index contributed by atoms with van der Waals surface area (Å²) < 4.78 is 6.19. The van der Waals surface area contributed by atoms with Gasteiger partial charge in [-0.05, 0) is 60.2 Å². The van der Waals surface area contributed by atoms with Crippen molar-refractivity contribution in [1.29, 1.82) is 5.26 Å². The van der Waals surface area contributed by atoms with Crippen LogP contribution in [0.25, 0.3) is 6.08 Å². The highest BCUT2D eigenvalue weighted by Gasteiger charge is 2.13. The minimum Gasteiger partial charge on any atom is -0.423 e. The van der Waals surface area contributed by atoms with Crippen LogP contribution in [0.2, 0.25) is 10.0 Å². The molecule has 1 N–H and O–H groups in total. The molecule has 8 heteroatoms. The predicted octanol–water partition coefficient (Wildman–Crippen LogP) is 6.52. The van der Waals surface area contributed by atoms with Crippen molar-refractivity contribution in [3.05, 3.63) is 97.9 Å². The number of ether oxygens (including phenoxy) is 1. The van der Waals surface area contributed by atoms with E-state index in [2.05, 4.69) is 21.2 Å². The van der Waals surface area contributed by atoms with Gasteiger partial charge in [0.25, 0.3) is 5.91 Å². The molecule has 0 saturated heterocycles. The van der Waals surface area contributed by atoms with Crippen molar-refractivity contribution in [2.24, 2.45) is 0 Å². The standard InChI is InChI=1S/C23H13BrCl2N2O3/c24-17-8-6-15(7-9-17)23(30)31-18-10-4-14(5-11-18)12-16(13-27)22(29)28-20-3-1-2-19(25)21(20)26/h1-12H,(H,28,29)/b16-12+. The molecule has 0 aromatic heterocycles. The van der Waals surface area contributed by atoms with Crippen LogP contribution in [0.1, 0.15) is 15.9 Å². The Balaban J connectivity index is 1.70. The zero-order valence-electron chi connectivity index (χ0n) is 15.7. The van der Waals surface area contributed by atoms with Crippen LogP contribution in [0.5, 0.6) is 5.75 Å². The van der Waals surface area contributed by atoms with Crippen LogP contribution in [0.4, 0.5) is 5.69 Å². The zero-order valence-corrected chi connectivity index (χ0v) is 18.8. The predicted molar refractivity (Wildman–Crippen MR) is 124 cm³/mol. The highest BCUT2D eigenvalue weighted by Crippen LogP contribution is 2.30. The Morgan fingerprint density at radius 2 is 1.68 bits per heavy atom. The van der Waals surface area contributed by atoms with E-state index in [-0.39, 0.29) is 15.6 Å². The fourth-order valence-electron chi connectivity index (χ4n) is 2.49. The summed E-state index contributed by atoms with van der Waals surface area (Å²) >= 11 is 15.3. The summed E-state index contributed by atoms with van der Waals surface area (Å²) in [5.74, 6) is -0.789. The number of nitriles is 1. The second kappa shape index (κ2) is 10.3. The van der Waals surface area contributed by atoms with E-state index in [4.69, 9.17) is 27.9 Å². The number of amides is 1. The lowest BCUT2D eigenvalue weighted by Crippen LogP contribution is -2.13. The van der Waals surface area contributed by atoms with Gasteiger partial charge >= 0.3 is 5.97 Å². The first-order chi connectivity index (χ1) is 14.9. The lowest BCUT2D eigenvalue weighted by Gasteiger charge is -2.08. The summed E-state index contributed by atoms with van der Waals surface area (Å²) in [5.41, 5.74) is 1.16. The molecule has 1 amide bonds. The molecule has 0 radical (unpaired) electrons. The topological polar surface area (TPSA) is 79.2 Å². The molecule has 0 unspecified atom stereocenters. The van der Waals surface area contributed by atoms with Crippen LogP contribution in [-0.4, -0.2) is 11.9 Å². The quantitative estimate of drug-likeness (QED) is 0.181. The average Bonchev–Trinajstić information content (AvgIpc) is 2.76. The van der Waals surface area contributed by atoms with E-state index in [0.717, 1.165) is 4.47 Å². The Kier molecular flexibility index (Phi) is 7.48. The fraction of sp³-hybridized carbons (Fsp3) is 0. The second-order valence-corrected chi connectivity index (χ2v) is 7.89. The Hall–Kier alpha value is -3.11. The molecule has 0 bridgehead atoms. The Morgan fingerprint density at radius 1 is 1.00 bits per heavy atom. The number of anilines is 1. The van der Waals surface area contributed by atoms with E-state index in [1.165, 1.54) is 6.08 Å². The molecule has 5 nitrogen and oxygen atoms in total. The molecule has 3 aromatic rings. The molecular formula is C23H13BrCl2N2O3. The Bertz CT molecular complexity index is 1200. The van der Waals surface area contributed by atoms with Crippen LogP contribution < -0.4 is 10.1 Å². The monoisotopic (exact) mass is 514 g/mol. The van der Waals surface area contributed by atoms with E-state index < -0.39 is 11.9 Å². The third kappa shape index (κ3) is 5.96. The number of nitrogens with one attached hydrogen (secondary N) is 1. The van der Waals surface area contributed by atoms with Crippen molar-refractivity contribution in [2.75, 3.05) is 5.32 Å². The highest BCUT2D eigenvalue weighted by atomic mass is 79.9. The minimum atomic E-state index is -0.627. The van der Waals surface area contributed by atoms with Gasteiger partial charge in [-0.25, -0.2) is 4.79 Å². The van der Waals surface area contributed by atoms with Crippen LogP contribution in [0, 0.1) is 11.3 Å². The van der Waals surface area contributed by atoms with Gasteiger partial charge in [0.05, 0.1) is 21.3 Å². The smallest absolute Gasteiger partial charge is 0.343 e. The molecule has 31 heavy (non-hydrogen) atoms. The lowest BCUT2D eigenvalue weighted by molar-refractivity contribution is -0.112. The molecule has 0 aliphatic carbocycles. The highest BCUT2D eigenvalue weighted by molar-refractivity contribution is 9.10. The number of carbonyl (C=O) groups is 2. The van der Waals surface area contributed by atoms with E-state index in [9.17, 15) is 14.9 Å². The molecule has 0 fully saturated rings. The Morgan fingerprint density at radius 3 is 2.32 bits per heavy atom. The van der Waals surface area contributed by atoms with Gasteiger partial charge in [-0.2, -0.15) is 5.26 Å². The maximum absolute atomic E-state index is 12.4. The molecule has 0 aliphatic heterocycles. The number of nitrogens with zero attached hydrogens (tertiary/aromatic N) is 1. The number of benzene rings is 3. The number of esters is 1. The first kappa shape index (κ1) is 22.6. The average molecular weight is 516 g/mol. The molecule has 3 rings (SSSR count). The van der Waals surface area contributed by atoms with Crippen molar-refractivity contribution in [1.82, 2.24) is 0 Å². The normalized spacial score (nSPS) is 10.8. The Labute approximate surface area is 197 Å². The molecule has 0 saturated carbocycles. The van der Waals surface area contributed by atoms with Crippen molar-refractivity contribution in [2.45, 2.75) is 0 Å². The maximum Gasteiger partial charge on any atom is 0.343 e. The summed E-state index contributed by atoms with van der Waals surface area (Å²) in [6.45, 7) is 0. The van der Waals surface area contributed by atoms with Crippen molar-refractivity contribution < 1.29 is 14.3 Å². The van der Waals surface area contributed by atoms with Crippen LogP contribution in [0.3, 0.4) is 0 Å². The van der Waals surface area contributed by atoms with Crippen LogP contribution in [-0.2, 0) is 4.79 Å². The van der Waals surface area contributed by atoms with Gasteiger partial charge in [0.2, 0.25) is 0 Å². The molecule has 0 spiro atoms. The number of rotatable bonds is 5. The van der Waals surface area contributed by atoms with Gasteiger partial charge in [0, 0.05) is 4.47 Å². The van der Waals surface area contributed by atoms with Gasteiger partial charge in [-0.1, -0.05) is 57.3 Å². The number of hydrogen-bond acceptors (Lipinski definition) is 4. The zero-order chi connectivity index (χ0) is 22.4. The largest absolute Gasteiger partial charge is 0.423 e. The number of halogens is 3. The number of carbonyl (C=O) groups excluding carboxylic acids is 2. The van der Waals surface area contributed by atoms with Crippen LogP contribution in [0.15, 0.2) is 76.8 Å². The first-order valence-corrected chi connectivity index (χ1v) is 10.4. The van der Waals surface area contributed by atoms with Crippen molar-refractivity contribution in [3.8, 4) is 11.8 Å². The molecule has 0 aliphatic rings. The van der Waals surface area contributed by atoms with Gasteiger partial charge in [0.1, 0.15) is 17.4 Å². The summed E-state index contributed by atoms with van der Waals surface area (Å²) in [5, 5.41) is 12.4. The van der Waals surface area contributed by atoms with Crippen molar-refractivity contribution in [3.63, 3.8) is 0 Å². The van der Waals surface area contributed by atoms with Crippen molar-refractivity contribution >= 4 is 62.8 Å². The summed E-state index contributed by atoms with van der Waals surface area (Å²) in [4.78, 5) is 24.6. The minimum absolute atomic E-state index is 0.129. The van der Waals surface area contributed by atoms with E-state index in [1.807, 2.05) is 6.07 Å². The molecular weight excluding hydrogens is 503 g/mol. The molecule has 0 heterocycles. The molecule has 3 aromatic carbocycles. The van der Waals surface area contributed by atoms with E-state index in [0.29, 0.717) is 22.6 Å². The summed E-state index contributed by atoms with van der Waals surface area (Å²) in [6, 6.07) is 19.8. The maximum atomic E-state index is 12.4. The van der Waals surface area contributed by atoms with E-state index >= 15 is 0 Å². The van der Waals surface area contributed by atoms with Gasteiger partial charge in [0.15, 0.2) is 0 Å². The van der Waals surface area contributed by atoms with Gasteiger partial charge in [-0.15, -0.1) is 0 Å². The second-order valence-electron chi connectivity index (χ2n) is 6.19. The summed E-state index contributed by atoms with van der Waals surface area (Å²) in [6.07, 6.45) is 1.41. The third-order valence-electron chi connectivity index (χ3n) is 4.05. The third-order valence-corrected chi connectivity index (χ3v) is 5.39. The van der Waals surface area contributed by atoms with E-state index in [1.54, 1.807) is 66.7 Å². The summed E-state index contributed by atoms with van der Waals surface area (Å²) in [7, 11) is 0. The number of hydrogen-bond donors (Lipinski definition) is 1. The van der Waals surface area contributed by atoms with Gasteiger partial charge < -0.3 is 10.1 Å². The first-order valence-electron chi connectivity index (χ1n) is 8.82. The van der Waals surface area contributed by atoms with Crippen LogP contribution >= 0.6 is 39.1 Å². The molecule has 0 atom stereocenters. The fourth-order valence-corrected chi connectivity index (χ4v) is 3.10.